The van der Waals surface area contributed by atoms with E-state index in [-0.39, 0.29) is 11.5 Å². The van der Waals surface area contributed by atoms with Gasteiger partial charge in [-0.05, 0) is 18.1 Å². The fraction of sp³-hybridized carbons (Fsp3) is 0.300. The third kappa shape index (κ3) is 3.40. The van der Waals surface area contributed by atoms with Crippen LogP contribution in [0.1, 0.15) is 31.2 Å². The maximum absolute atomic E-state index is 12.8. The van der Waals surface area contributed by atoms with Crippen LogP contribution >= 0.6 is 0 Å². The summed E-state index contributed by atoms with van der Waals surface area (Å²) in [6.07, 6.45) is 6.55. The number of pyridine rings is 1. The lowest BCUT2D eigenvalue weighted by Crippen LogP contribution is -2.28. The average Bonchev–Trinajstić information content (AvgIpc) is 3.31. The van der Waals surface area contributed by atoms with E-state index in [9.17, 15) is 9.59 Å². The molecule has 0 aliphatic rings. The molecular formula is C20H21N5O3. The van der Waals surface area contributed by atoms with E-state index in [0.29, 0.717) is 43.5 Å². The van der Waals surface area contributed by atoms with Gasteiger partial charge >= 0.3 is 0 Å². The van der Waals surface area contributed by atoms with Crippen LogP contribution < -0.4 is 10.9 Å². The number of amides is 1. The molecule has 0 aliphatic heterocycles. The molecule has 4 aromatic rings. The van der Waals surface area contributed by atoms with Crippen LogP contribution in [0.3, 0.4) is 0 Å². The molecule has 4 rings (SSSR count). The van der Waals surface area contributed by atoms with Crippen molar-refractivity contribution in [1.82, 2.24) is 24.5 Å². The van der Waals surface area contributed by atoms with Crippen molar-refractivity contribution in [3.63, 3.8) is 0 Å². The number of carbonyl (C=O) groups excluding carboxylic acids is 1. The first-order valence-electron chi connectivity index (χ1n) is 9.31. The zero-order valence-corrected chi connectivity index (χ0v) is 15.6. The summed E-state index contributed by atoms with van der Waals surface area (Å²) in [5.41, 5.74) is 2.82. The highest BCUT2D eigenvalue weighted by Crippen LogP contribution is 2.20. The zero-order chi connectivity index (χ0) is 19.5. The first-order chi connectivity index (χ1) is 13.7. The van der Waals surface area contributed by atoms with E-state index in [1.807, 2.05) is 29.5 Å². The van der Waals surface area contributed by atoms with Gasteiger partial charge in [-0.3, -0.25) is 19.0 Å². The van der Waals surface area contributed by atoms with Crippen LogP contribution in [0, 0.1) is 0 Å². The van der Waals surface area contributed by atoms with Crippen LogP contribution in [0.25, 0.3) is 16.6 Å². The lowest BCUT2D eigenvalue weighted by Gasteiger charge is -2.10. The fourth-order valence-electron chi connectivity index (χ4n) is 3.28. The van der Waals surface area contributed by atoms with E-state index in [1.54, 1.807) is 24.7 Å². The van der Waals surface area contributed by atoms with Gasteiger partial charge in [-0.25, -0.2) is 4.68 Å². The van der Waals surface area contributed by atoms with Crippen LogP contribution in [0.2, 0.25) is 0 Å². The van der Waals surface area contributed by atoms with E-state index in [4.69, 9.17) is 4.42 Å². The topological polar surface area (TPSA) is 94.4 Å². The van der Waals surface area contributed by atoms with E-state index in [0.717, 1.165) is 16.9 Å². The highest BCUT2D eigenvalue weighted by Gasteiger charge is 2.15. The second-order valence-electron chi connectivity index (χ2n) is 6.57. The molecule has 4 heterocycles. The Morgan fingerprint density at radius 3 is 2.96 bits per heavy atom. The van der Waals surface area contributed by atoms with Gasteiger partial charge < -0.3 is 9.73 Å². The molecule has 1 N–H and O–H groups in total. The number of hydrogen-bond acceptors (Lipinski definition) is 5. The molecule has 1 amide bonds. The fourth-order valence-corrected chi connectivity index (χ4v) is 3.28. The third-order valence-corrected chi connectivity index (χ3v) is 4.67. The number of aromatic nitrogens is 4. The van der Waals surface area contributed by atoms with Gasteiger partial charge in [-0.2, -0.15) is 5.10 Å². The number of hydrogen-bond donors (Lipinski definition) is 1. The number of rotatable bonds is 7. The molecule has 0 saturated heterocycles. The van der Waals surface area contributed by atoms with Crippen molar-refractivity contribution in [3.05, 3.63) is 64.7 Å². The van der Waals surface area contributed by atoms with Crippen molar-refractivity contribution in [2.24, 2.45) is 0 Å². The standard InChI is InChI=1S/C20H21N5O3/c1-2-18-23-24(20(27)16-11-17-15(25(16)18)7-10-28-17)9-4-6-19(26)22-13-14-5-3-8-21-12-14/h3,5,7-8,10-12H,2,4,6,9,13H2,1H3,(H,22,26). The minimum Gasteiger partial charge on any atom is -0.463 e. The van der Waals surface area contributed by atoms with E-state index >= 15 is 0 Å². The summed E-state index contributed by atoms with van der Waals surface area (Å²) >= 11 is 0. The van der Waals surface area contributed by atoms with Crippen molar-refractivity contribution in [1.29, 1.82) is 0 Å². The Bertz CT molecular complexity index is 1170. The lowest BCUT2D eigenvalue weighted by molar-refractivity contribution is -0.121. The maximum atomic E-state index is 12.8. The smallest absolute Gasteiger partial charge is 0.291 e. The van der Waals surface area contributed by atoms with E-state index in [2.05, 4.69) is 15.4 Å². The van der Waals surface area contributed by atoms with Gasteiger partial charge in [-0.15, -0.1) is 0 Å². The van der Waals surface area contributed by atoms with Crippen molar-refractivity contribution in [2.75, 3.05) is 0 Å². The minimum atomic E-state index is -0.181. The Morgan fingerprint density at radius 2 is 2.18 bits per heavy atom. The normalized spacial score (nSPS) is 11.3. The first-order valence-corrected chi connectivity index (χ1v) is 9.31. The summed E-state index contributed by atoms with van der Waals surface area (Å²) in [7, 11) is 0. The first kappa shape index (κ1) is 18.0. The summed E-state index contributed by atoms with van der Waals surface area (Å²) in [6, 6.07) is 7.32. The molecule has 0 bridgehead atoms. The van der Waals surface area contributed by atoms with Crippen molar-refractivity contribution < 1.29 is 9.21 Å². The molecule has 0 unspecified atom stereocenters. The van der Waals surface area contributed by atoms with Crippen LogP contribution in [-0.2, 0) is 24.3 Å². The molecule has 0 fully saturated rings. The van der Waals surface area contributed by atoms with E-state index in [1.165, 1.54) is 4.68 Å². The molecule has 0 spiro atoms. The average molecular weight is 379 g/mol. The second kappa shape index (κ2) is 7.67. The van der Waals surface area contributed by atoms with Crippen LogP contribution in [0.5, 0.6) is 0 Å². The highest BCUT2D eigenvalue weighted by molar-refractivity contribution is 5.82. The molecule has 0 atom stereocenters. The van der Waals surface area contributed by atoms with Gasteiger partial charge in [0.1, 0.15) is 11.3 Å². The number of nitrogens with zero attached hydrogens (tertiary/aromatic N) is 4. The molecular weight excluding hydrogens is 358 g/mol. The Kier molecular flexibility index (Phi) is 4.92. The van der Waals surface area contributed by atoms with Crippen molar-refractivity contribution in [3.8, 4) is 0 Å². The maximum Gasteiger partial charge on any atom is 0.291 e. The zero-order valence-electron chi connectivity index (χ0n) is 15.6. The van der Waals surface area contributed by atoms with Gasteiger partial charge in [0.15, 0.2) is 5.58 Å². The van der Waals surface area contributed by atoms with Gasteiger partial charge in [0.05, 0.1) is 11.8 Å². The summed E-state index contributed by atoms with van der Waals surface area (Å²) in [6.45, 7) is 2.82. The van der Waals surface area contributed by atoms with Crippen LogP contribution in [-0.4, -0.2) is 25.1 Å². The summed E-state index contributed by atoms with van der Waals surface area (Å²) in [4.78, 5) is 28.9. The summed E-state index contributed by atoms with van der Waals surface area (Å²) < 4.78 is 8.71. The Balaban J connectivity index is 1.44. The number of furan rings is 1. The number of carbonyl (C=O) groups is 1. The molecule has 28 heavy (non-hydrogen) atoms. The lowest BCUT2D eigenvalue weighted by atomic mass is 10.2. The van der Waals surface area contributed by atoms with Crippen LogP contribution in [0.15, 0.2) is 52.1 Å². The second-order valence-corrected chi connectivity index (χ2v) is 6.57. The molecule has 8 heteroatoms. The Morgan fingerprint density at radius 1 is 1.29 bits per heavy atom. The van der Waals surface area contributed by atoms with Gasteiger partial charge in [0.25, 0.3) is 5.56 Å². The molecule has 144 valence electrons. The molecule has 8 nitrogen and oxygen atoms in total. The predicted molar refractivity (Wildman–Crippen MR) is 104 cm³/mol. The Hall–Kier alpha value is -3.42. The quantitative estimate of drug-likeness (QED) is 0.532. The molecule has 0 aromatic carbocycles. The number of nitrogens with one attached hydrogen (secondary N) is 1. The predicted octanol–water partition coefficient (Wildman–Crippen LogP) is 2.30. The number of aryl methyl sites for hydroxylation is 2. The van der Waals surface area contributed by atoms with Crippen molar-refractivity contribution in [2.45, 2.75) is 39.3 Å². The number of fused-ring (bicyclic) bond motifs is 3. The highest BCUT2D eigenvalue weighted by atomic mass is 16.3. The summed E-state index contributed by atoms with van der Waals surface area (Å²) in [5.74, 6) is 0.723. The van der Waals surface area contributed by atoms with E-state index < -0.39 is 0 Å². The third-order valence-electron chi connectivity index (χ3n) is 4.67. The largest absolute Gasteiger partial charge is 0.463 e. The molecule has 0 saturated carbocycles. The minimum absolute atomic E-state index is 0.0612. The van der Waals surface area contributed by atoms with Gasteiger partial charge in [0.2, 0.25) is 5.91 Å². The summed E-state index contributed by atoms with van der Waals surface area (Å²) in [5, 5.41) is 7.36. The molecule has 0 aliphatic carbocycles. The SMILES string of the molecule is CCc1nn(CCCC(=O)NCc2cccnc2)c(=O)c2cc3occc3n12. The van der Waals surface area contributed by atoms with Gasteiger partial charge in [-0.1, -0.05) is 13.0 Å². The molecule has 0 radical (unpaired) electrons. The van der Waals surface area contributed by atoms with Gasteiger partial charge in [0, 0.05) is 50.5 Å². The monoisotopic (exact) mass is 379 g/mol. The van der Waals surface area contributed by atoms with Crippen LogP contribution in [0.4, 0.5) is 0 Å². The van der Waals surface area contributed by atoms with Crippen molar-refractivity contribution >= 4 is 22.5 Å². The Labute approximate surface area is 160 Å². The molecule has 4 aromatic heterocycles.